The van der Waals surface area contributed by atoms with Gasteiger partial charge in [0.05, 0.1) is 59.0 Å². The van der Waals surface area contributed by atoms with Crippen LogP contribution in [-0.4, -0.2) is 34.8 Å². The average Bonchev–Trinajstić information content (AvgIpc) is 2.80. The first-order valence-corrected chi connectivity index (χ1v) is 12.9. The number of nitrogens with zero attached hydrogens (tertiary/aromatic N) is 1. The van der Waals surface area contributed by atoms with Gasteiger partial charge in [-0.2, -0.15) is 0 Å². The molecule has 1 N–H and O–H groups in total. The molecule has 0 aliphatic rings. The third kappa shape index (κ3) is 6.10. The molecule has 3 aromatic carbocycles. The smallest absolute Gasteiger partial charge is 0.257 e. The molecule has 186 valence electrons. The number of hydrogen-bond donors (Lipinski definition) is 1. The van der Waals surface area contributed by atoms with E-state index < -0.39 is 21.7 Å². The van der Waals surface area contributed by atoms with Crippen LogP contribution in [0.15, 0.2) is 48.5 Å². The predicted octanol–water partition coefficient (Wildman–Crippen LogP) is 6.02. The van der Waals surface area contributed by atoms with E-state index in [4.69, 9.17) is 44.3 Å². The Kier molecular flexibility index (Phi) is 8.38. The molecule has 7 nitrogen and oxygen atoms in total. The Morgan fingerprint density at radius 3 is 2.17 bits per heavy atom. The standard InChI is InChI=1S/C23H20Cl3FN2O5S/c1-33-21-8-14(23(30)28-19-10-16(25)15(24)9-17(19)26)20(11-22(21)34-2)29(35(3,31)32)12-13-6-4-5-7-18(13)27/h4-11H,12H2,1-3H3,(H,28,30). The van der Waals surface area contributed by atoms with Crippen molar-refractivity contribution in [1.29, 1.82) is 0 Å². The number of ether oxygens (including phenoxy) is 2. The van der Waals surface area contributed by atoms with Crippen LogP contribution in [0.1, 0.15) is 15.9 Å². The van der Waals surface area contributed by atoms with Crippen LogP contribution in [-0.2, 0) is 16.6 Å². The molecular weight excluding hydrogens is 542 g/mol. The molecule has 0 saturated carbocycles. The van der Waals surface area contributed by atoms with E-state index in [1.807, 2.05) is 0 Å². The maximum absolute atomic E-state index is 14.4. The summed E-state index contributed by atoms with van der Waals surface area (Å²) in [5, 5.41) is 3.05. The van der Waals surface area contributed by atoms with E-state index in [0.717, 1.165) is 10.6 Å². The fourth-order valence-corrected chi connectivity index (χ4v) is 4.70. The van der Waals surface area contributed by atoms with Gasteiger partial charge in [0.2, 0.25) is 10.0 Å². The van der Waals surface area contributed by atoms with E-state index in [1.165, 1.54) is 56.7 Å². The highest BCUT2D eigenvalue weighted by Gasteiger charge is 2.27. The summed E-state index contributed by atoms with van der Waals surface area (Å²) in [4.78, 5) is 13.4. The van der Waals surface area contributed by atoms with Crippen LogP contribution in [0.2, 0.25) is 15.1 Å². The van der Waals surface area contributed by atoms with Crippen molar-refractivity contribution in [2.75, 3.05) is 30.1 Å². The summed E-state index contributed by atoms with van der Waals surface area (Å²) in [5.41, 5.74) is 0.0760. The third-order valence-electron chi connectivity index (χ3n) is 4.95. The summed E-state index contributed by atoms with van der Waals surface area (Å²) < 4.78 is 51.5. The lowest BCUT2D eigenvalue weighted by Crippen LogP contribution is -2.32. The van der Waals surface area contributed by atoms with Crippen LogP contribution in [0, 0.1) is 5.82 Å². The first kappa shape index (κ1) is 26.9. The maximum atomic E-state index is 14.4. The minimum atomic E-state index is -4.00. The Balaban J connectivity index is 2.18. The highest BCUT2D eigenvalue weighted by atomic mass is 35.5. The second-order valence-electron chi connectivity index (χ2n) is 7.29. The van der Waals surface area contributed by atoms with Crippen molar-refractivity contribution in [2.24, 2.45) is 0 Å². The molecule has 3 aromatic rings. The third-order valence-corrected chi connectivity index (χ3v) is 7.11. The lowest BCUT2D eigenvalue weighted by atomic mass is 10.1. The number of amides is 1. The van der Waals surface area contributed by atoms with E-state index in [9.17, 15) is 17.6 Å². The fourth-order valence-electron chi connectivity index (χ4n) is 3.23. The lowest BCUT2D eigenvalue weighted by molar-refractivity contribution is 0.102. The molecule has 1 amide bonds. The molecule has 0 unspecified atom stereocenters. The van der Waals surface area contributed by atoms with Gasteiger partial charge in [-0.05, 0) is 24.3 Å². The fraction of sp³-hybridized carbons (Fsp3) is 0.174. The quantitative estimate of drug-likeness (QED) is 0.340. The van der Waals surface area contributed by atoms with E-state index in [2.05, 4.69) is 5.32 Å². The molecule has 0 heterocycles. The number of rotatable bonds is 8. The second-order valence-corrected chi connectivity index (χ2v) is 10.4. The van der Waals surface area contributed by atoms with Gasteiger partial charge in [0, 0.05) is 11.6 Å². The topological polar surface area (TPSA) is 84.9 Å². The number of halogens is 4. The summed E-state index contributed by atoms with van der Waals surface area (Å²) >= 11 is 18.2. The van der Waals surface area contributed by atoms with Crippen molar-refractivity contribution in [2.45, 2.75) is 6.54 Å². The van der Waals surface area contributed by atoms with Crippen molar-refractivity contribution in [3.05, 3.63) is 80.5 Å². The Morgan fingerprint density at radius 1 is 0.971 bits per heavy atom. The Labute approximate surface area is 217 Å². The minimum Gasteiger partial charge on any atom is -0.493 e. The molecule has 12 heteroatoms. The normalized spacial score (nSPS) is 11.2. The number of methoxy groups -OCH3 is 2. The monoisotopic (exact) mass is 560 g/mol. The number of nitrogens with one attached hydrogen (secondary N) is 1. The highest BCUT2D eigenvalue weighted by Crippen LogP contribution is 2.38. The first-order chi connectivity index (χ1) is 16.5. The van der Waals surface area contributed by atoms with Gasteiger partial charge < -0.3 is 14.8 Å². The Morgan fingerprint density at radius 2 is 1.57 bits per heavy atom. The number of hydrogen-bond acceptors (Lipinski definition) is 5. The molecular formula is C23H20Cl3FN2O5S. The Hall–Kier alpha value is -2.72. The molecule has 0 spiro atoms. The van der Waals surface area contributed by atoms with E-state index in [1.54, 1.807) is 6.07 Å². The molecule has 0 aromatic heterocycles. The van der Waals surface area contributed by atoms with Gasteiger partial charge in [0.15, 0.2) is 11.5 Å². The second kappa shape index (κ2) is 10.9. The van der Waals surface area contributed by atoms with Gasteiger partial charge in [0.25, 0.3) is 5.91 Å². The zero-order valence-electron chi connectivity index (χ0n) is 18.7. The van der Waals surface area contributed by atoms with Crippen molar-refractivity contribution >= 4 is 62.1 Å². The van der Waals surface area contributed by atoms with Crippen molar-refractivity contribution < 1.29 is 27.1 Å². The van der Waals surface area contributed by atoms with E-state index in [0.29, 0.717) is 0 Å². The number of benzene rings is 3. The molecule has 0 bridgehead atoms. The number of sulfonamides is 1. The van der Waals surface area contributed by atoms with Crippen LogP contribution in [0.25, 0.3) is 0 Å². The summed E-state index contributed by atoms with van der Waals surface area (Å²) in [6.45, 7) is -0.380. The van der Waals surface area contributed by atoms with Crippen LogP contribution in [0.5, 0.6) is 11.5 Å². The lowest BCUT2D eigenvalue weighted by Gasteiger charge is -2.26. The van der Waals surface area contributed by atoms with Gasteiger partial charge in [-0.15, -0.1) is 0 Å². The number of carbonyl (C=O) groups is 1. The molecule has 0 fully saturated rings. The van der Waals surface area contributed by atoms with Crippen molar-refractivity contribution in [3.8, 4) is 11.5 Å². The average molecular weight is 562 g/mol. The van der Waals surface area contributed by atoms with Gasteiger partial charge >= 0.3 is 0 Å². The van der Waals surface area contributed by atoms with Crippen molar-refractivity contribution in [3.63, 3.8) is 0 Å². The zero-order chi connectivity index (χ0) is 25.9. The van der Waals surface area contributed by atoms with Crippen LogP contribution in [0.3, 0.4) is 0 Å². The highest BCUT2D eigenvalue weighted by molar-refractivity contribution is 7.92. The predicted molar refractivity (Wildman–Crippen MR) is 136 cm³/mol. The van der Waals surface area contributed by atoms with Gasteiger partial charge in [0.1, 0.15) is 5.82 Å². The minimum absolute atomic E-state index is 0.0675. The Bertz CT molecular complexity index is 1390. The molecule has 3 rings (SSSR count). The van der Waals surface area contributed by atoms with Crippen LogP contribution in [0.4, 0.5) is 15.8 Å². The summed E-state index contributed by atoms with van der Waals surface area (Å²) in [7, 11) is -1.28. The SMILES string of the molecule is COc1cc(C(=O)Nc2cc(Cl)c(Cl)cc2Cl)c(N(Cc2ccccc2F)S(C)(=O)=O)cc1OC. The summed E-state index contributed by atoms with van der Waals surface area (Å²) in [6.07, 6.45) is 0.947. The largest absolute Gasteiger partial charge is 0.493 e. The van der Waals surface area contributed by atoms with Gasteiger partial charge in [-0.25, -0.2) is 12.8 Å². The van der Waals surface area contributed by atoms with Gasteiger partial charge in [-0.1, -0.05) is 53.0 Å². The van der Waals surface area contributed by atoms with Crippen LogP contribution < -0.4 is 19.1 Å². The number of anilines is 2. The molecule has 35 heavy (non-hydrogen) atoms. The van der Waals surface area contributed by atoms with E-state index >= 15 is 0 Å². The van der Waals surface area contributed by atoms with E-state index in [-0.39, 0.29) is 55.6 Å². The first-order valence-electron chi connectivity index (χ1n) is 9.89. The van der Waals surface area contributed by atoms with Crippen LogP contribution >= 0.6 is 34.8 Å². The zero-order valence-corrected chi connectivity index (χ0v) is 21.8. The van der Waals surface area contributed by atoms with Gasteiger partial charge in [-0.3, -0.25) is 9.10 Å². The summed E-state index contributed by atoms with van der Waals surface area (Å²) in [5.74, 6) is -1.01. The molecule has 0 saturated heterocycles. The molecule has 0 aliphatic heterocycles. The maximum Gasteiger partial charge on any atom is 0.257 e. The molecule has 0 atom stereocenters. The number of carbonyl (C=O) groups excluding carboxylic acids is 1. The van der Waals surface area contributed by atoms with Crippen molar-refractivity contribution in [1.82, 2.24) is 0 Å². The summed E-state index contributed by atoms with van der Waals surface area (Å²) in [6, 6.07) is 11.1. The molecule has 0 radical (unpaired) electrons. The molecule has 0 aliphatic carbocycles.